The monoisotopic (exact) mass is 510 g/mol. The highest BCUT2D eigenvalue weighted by Crippen LogP contribution is 2.34. The number of halogens is 1. The van der Waals surface area contributed by atoms with Crippen molar-refractivity contribution in [3.63, 3.8) is 0 Å². The molecule has 2 heterocycles. The molecule has 0 spiro atoms. The van der Waals surface area contributed by atoms with Gasteiger partial charge in [-0.3, -0.25) is 9.36 Å². The number of nitriles is 1. The first-order valence-corrected chi connectivity index (χ1v) is 13.3. The zero-order chi connectivity index (χ0) is 26.6. The first-order chi connectivity index (χ1) is 18.5. The van der Waals surface area contributed by atoms with Gasteiger partial charge in [-0.15, -0.1) is 0 Å². The summed E-state index contributed by atoms with van der Waals surface area (Å²) in [6, 6.07) is 13.1. The van der Waals surface area contributed by atoms with Crippen LogP contribution in [0.3, 0.4) is 0 Å². The van der Waals surface area contributed by atoms with Gasteiger partial charge in [-0.1, -0.05) is 25.1 Å². The van der Waals surface area contributed by atoms with Crippen molar-refractivity contribution in [2.75, 3.05) is 6.61 Å². The summed E-state index contributed by atoms with van der Waals surface area (Å²) in [4.78, 5) is 23.0. The van der Waals surface area contributed by atoms with Crippen LogP contribution in [0.1, 0.15) is 61.7 Å². The average Bonchev–Trinajstić information content (AvgIpc) is 3.76. The predicted octanol–water partition coefficient (Wildman–Crippen LogP) is 6.33. The van der Waals surface area contributed by atoms with E-state index in [1.807, 2.05) is 32.0 Å². The van der Waals surface area contributed by atoms with Crippen molar-refractivity contribution >= 4 is 5.57 Å². The second-order valence-corrected chi connectivity index (χ2v) is 10.0. The van der Waals surface area contributed by atoms with E-state index < -0.39 is 0 Å². The van der Waals surface area contributed by atoms with Crippen LogP contribution in [-0.2, 0) is 13.0 Å². The van der Waals surface area contributed by atoms with Crippen LogP contribution in [0.15, 0.2) is 64.9 Å². The minimum absolute atomic E-state index is 0.139. The summed E-state index contributed by atoms with van der Waals surface area (Å²) < 4.78 is 22.7. The molecule has 0 radical (unpaired) electrons. The van der Waals surface area contributed by atoms with E-state index in [9.17, 15) is 10.1 Å². The van der Waals surface area contributed by atoms with E-state index in [4.69, 9.17) is 9.72 Å². The molecule has 1 saturated carbocycles. The molecule has 194 valence electrons. The lowest BCUT2D eigenvalue weighted by Gasteiger charge is -2.21. The summed E-state index contributed by atoms with van der Waals surface area (Å²) in [5.41, 5.74) is 4.22. The van der Waals surface area contributed by atoms with Gasteiger partial charge >= 0.3 is 0 Å². The van der Waals surface area contributed by atoms with E-state index in [1.165, 1.54) is 18.9 Å². The maximum Gasteiger partial charge on any atom is 0.262 e. The van der Waals surface area contributed by atoms with Gasteiger partial charge < -0.3 is 4.74 Å². The highest BCUT2D eigenvalue weighted by molar-refractivity contribution is 5.73. The molecule has 0 saturated heterocycles. The largest absolute Gasteiger partial charge is 0.477 e. The van der Waals surface area contributed by atoms with Crippen molar-refractivity contribution in [1.29, 1.82) is 5.26 Å². The zero-order valence-corrected chi connectivity index (χ0v) is 21.8. The molecule has 0 N–H and O–H groups in total. The Morgan fingerprint density at radius 3 is 2.68 bits per heavy atom. The Morgan fingerprint density at radius 2 is 2.00 bits per heavy atom. The molecule has 0 aliphatic heterocycles. The fraction of sp³-hybridized carbons (Fsp3) is 0.355. The molecule has 2 aliphatic carbocycles. The Labute approximate surface area is 222 Å². The smallest absolute Gasteiger partial charge is 0.262 e. The molecule has 0 bridgehead atoms. The van der Waals surface area contributed by atoms with Crippen molar-refractivity contribution in [2.24, 2.45) is 5.92 Å². The van der Waals surface area contributed by atoms with Gasteiger partial charge in [0, 0.05) is 24.2 Å². The molecule has 0 amide bonds. The van der Waals surface area contributed by atoms with Gasteiger partial charge in [-0.05, 0) is 79.9 Å². The van der Waals surface area contributed by atoms with Crippen molar-refractivity contribution in [2.45, 2.75) is 58.9 Å². The van der Waals surface area contributed by atoms with Crippen LogP contribution in [-0.4, -0.2) is 21.1 Å². The molecular formula is C31H31FN4O2. The lowest BCUT2D eigenvalue weighted by atomic mass is 9.90. The van der Waals surface area contributed by atoms with Crippen LogP contribution in [0.4, 0.5) is 4.39 Å². The van der Waals surface area contributed by atoms with Crippen molar-refractivity contribution in [3.8, 4) is 23.1 Å². The van der Waals surface area contributed by atoms with Gasteiger partial charge in [-0.25, -0.2) is 14.4 Å². The highest BCUT2D eigenvalue weighted by atomic mass is 19.1. The quantitative estimate of drug-likeness (QED) is 0.336. The molecule has 0 atom stereocenters. The number of rotatable bonds is 9. The molecule has 7 heteroatoms. The third-order valence-corrected chi connectivity index (χ3v) is 7.17. The Morgan fingerprint density at radius 1 is 1.18 bits per heavy atom. The Bertz CT molecular complexity index is 1510. The third kappa shape index (κ3) is 5.45. The minimum Gasteiger partial charge on any atom is -0.477 e. The maximum absolute atomic E-state index is 15.4. The first kappa shape index (κ1) is 25.6. The minimum atomic E-state index is -0.353. The summed E-state index contributed by atoms with van der Waals surface area (Å²) in [6.45, 7) is 4.68. The molecule has 3 aromatic rings. The van der Waals surface area contributed by atoms with Crippen LogP contribution in [0.25, 0.3) is 16.7 Å². The molecule has 1 aromatic carbocycles. The standard InChI is InChI=1S/C31H31FN4O2/c1-3-6-28-35-20(2)30(24-13-14-29(34-17-24)38-19-21-9-10-21)31(37)36(28)18-25-12-11-22(15-27(25)32)26-8-5-4-7-23(26)16-33/h4-5,7-8,13-15,17,21H,3,6,9-12,18-19H2,1-2H3. The molecule has 1 fully saturated rings. The van der Waals surface area contributed by atoms with Crippen molar-refractivity contribution in [1.82, 2.24) is 14.5 Å². The molecule has 5 rings (SSSR count). The SMILES string of the molecule is CCCc1nc(C)c(-c2ccc(OCC3CC3)nc2)c(=O)n1CC1=C(F)C=C(c2ccccc2C#N)CC1. The van der Waals surface area contributed by atoms with E-state index >= 15 is 4.39 Å². The van der Waals surface area contributed by atoms with Gasteiger partial charge in [0.1, 0.15) is 11.7 Å². The lowest BCUT2D eigenvalue weighted by Crippen LogP contribution is -2.29. The fourth-order valence-electron chi connectivity index (χ4n) is 4.88. The first-order valence-electron chi connectivity index (χ1n) is 13.3. The number of hydrogen-bond acceptors (Lipinski definition) is 5. The van der Waals surface area contributed by atoms with Crippen LogP contribution in [0.5, 0.6) is 5.88 Å². The molecule has 38 heavy (non-hydrogen) atoms. The van der Waals surface area contributed by atoms with E-state index in [0.29, 0.717) is 71.4 Å². The van der Waals surface area contributed by atoms with Crippen LogP contribution < -0.4 is 10.3 Å². The number of pyridine rings is 1. The van der Waals surface area contributed by atoms with Crippen molar-refractivity contribution in [3.05, 3.63) is 93.1 Å². The summed E-state index contributed by atoms with van der Waals surface area (Å²) >= 11 is 0. The molecule has 2 aliphatic rings. The molecule has 0 unspecified atom stereocenters. The zero-order valence-electron chi connectivity index (χ0n) is 21.8. The average molecular weight is 511 g/mol. The number of allylic oxidation sites excluding steroid dienone is 4. The Balaban J connectivity index is 1.47. The summed E-state index contributed by atoms with van der Waals surface area (Å²) in [5, 5.41) is 9.44. The lowest BCUT2D eigenvalue weighted by molar-refractivity contribution is 0.288. The normalized spacial score (nSPS) is 15.3. The maximum atomic E-state index is 15.4. The third-order valence-electron chi connectivity index (χ3n) is 7.17. The van der Waals surface area contributed by atoms with Gasteiger partial charge in [0.2, 0.25) is 5.88 Å². The Hall–Kier alpha value is -4.05. The van der Waals surface area contributed by atoms with E-state index in [-0.39, 0.29) is 17.9 Å². The van der Waals surface area contributed by atoms with E-state index in [0.717, 1.165) is 17.6 Å². The van der Waals surface area contributed by atoms with Crippen LogP contribution in [0, 0.1) is 24.2 Å². The fourth-order valence-corrected chi connectivity index (χ4v) is 4.88. The Kier molecular flexibility index (Phi) is 7.50. The molecule has 2 aromatic heterocycles. The second-order valence-electron chi connectivity index (χ2n) is 10.0. The molecule has 6 nitrogen and oxygen atoms in total. The number of aromatic nitrogens is 3. The van der Waals surface area contributed by atoms with Gasteiger partial charge in [-0.2, -0.15) is 5.26 Å². The van der Waals surface area contributed by atoms with Gasteiger partial charge in [0.15, 0.2) is 0 Å². The number of hydrogen-bond donors (Lipinski definition) is 0. The predicted molar refractivity (Wildman–Crippen MR) is 145 cm³/mol. The topological polar surface area (TPSA) is 80.8 Å². The van der Waals surface area contributed by atoms with E-state index in [1.54, 1.807) is 29.0 Å². The second kappa shape index (κ2) is 11.1. The van der Waals surface area contributed by atoms with E-state index in [2.05, 4.69) is 11.1 Å². The van der Waals surface area contributed by atoms with Gasteiger partial charge in [0.05, 0.1) is 36.0 Å². The number of ether oxygens (including phenoxy) is 1. The summed E-state index contributed by atoms with van der Waals surface area (Å²) in [5.74, 6) is 1.47. The number of nitrogens with zero attached hydrogens (tertiary/aromatic N) is 4. The van der Waals surface area contributed by atoms with Crippen LogP contribution in [0.2, 0.25) is 0 Å². The number of benzene rings is 1. The number of aryl methyl sites for hydroxylation is 2. The summed E-state index contributed by atoms with van der Waals surface area (Å²) in [6.07, 6.45) is 8.06. The summed E-state index contributed by atoms with van der Waals surface area (Å²) in [7, 11) is 0. The van der Waals surface area contributed by atoms with Gasteiger partial charge in [0.25, 0.3) is 5.56 Å². The molecular weight excluding hydrogens is 479 g/mol. The van der Waals surface area contributed by atoms with Crippen LogP contribution >= 0.6 is 0 Å². The highest BCUT2D eigenvalue weighted by Gasteiger charge is 2.23. The van der Waals surface area contributed by atoms with Crippen molar-refractivity contribution < 1.29 is 9.13 Å².